The topological polar surface area (TPSA) is 68.6 Å². The van der Waals surface area contributed by atoms with E-state index in [2.05, 4.69) is 20.4 Å². The second-order valence-electron chi connectivity index (χ2n) is 7.07. The average molecular weight is 481 g/mol. The average Bonchev–Trinajstić information content (AvgIpc) is 3.18. The first-order valence-corrected chi connectivity index (χ1v) is 11.2. The van der Waals surface area contributed by atoms with E-state index < -0.39 is 6.36 Å². The molecule has 1 aromatic carbocycles. The molecule has 1 atom stereocenters. The Morgan fingerprint density at radius 2 is 1.84 bits per heavy atom. The predicted molar refractivity (Wildman–Crippen MR) is 116 cm³/mol. The number of alkyl halides is 3. The van der Waals surface area contributed by atoms with Crippen molar-refractivity contribution in [3.8, 4) is 5.75 Å². The Hall–Kier alpha value is -2.63. The molecule has 1 N–H and O–H groups in total. The highest BCUT2D eigenvalue weighted by molar-refractivity contribution is 7.99. The van der Waals surface area contributed by atoms with Gasteiger partial charge in [-0.15, -0.1) is 29.6 Å². The van der Waals surface area contributed by atoms with Crippen molar-refractivity contribution in [2.45, 2.75) is 43.1 Å². The monoisotopic (exact) mass is 480 g/mol. The van der Waals surface area contributed by atoms with Gasteiger partial charge in [0, 0.05) is 14.6 Å². The second-order valence-corrected chi connectivity index (χ2v) is 9.45. The lowest BCUT2D eigenvalue weighted by molar-refractivity contribution is -0.274. The maximum atomic E-state index is 12.4. The molecule has 0 amide bonds. The van der Waals surface area contributed by atoms with Crippen LogP contribution in [0.3, 0.4) is 0 Å². The van der Waals surface area contributed by atoms with Crippen molar-refractivity contribution in [2.24, 2.45) is 4.99 Å². The molecule has 1 aliphatic heterocycles. The third-order valence-corrected chi connectivity index (χ3v) is 6.80. The molecule has 0 saturated carbocycles. The molecule has 32 heavy (non-hydrogen) atoms. The first kappa shape index (κ1) is 22.6. The zero-order chi connectivity index (χ0) is 22.9. The normalized spacial score (nSPS) is 16.4. The van der Waals surface area contributed by atoms with E-state index in [1.807, 2.05) is 32.9 Å². The van der Waals surface area contributed by atoms with Crippen LogP contribution >= 0.6 is 23.1 Å². The lowest BCUT2D eigenvalue weighted by Crippen LogP contribution is -2.33. The van der Waals surface area contributed by atoms with Crippen LogP contribution in [0.15, 0.2) is 51.3 Å². The summed E-state index contributed by atoms with van der Waals surface area (Å²) in [6.45, 7) is 6.23. The number of ether oxygens (including phenoxy) is 1. The maximum Gasteiger partial charge on any atom is 0.573 e. The molecule has 0 aliphatic carbocycles. The molecule has 0 unspecified atom stereocenters. The zero-order valence-electron chi connectivity index (χ0n) is 17.4. The Morgan fingerprint density at radius 1 is 1.09 bits per heavy atom. The Labute approximate surface area is 190 Å². The number of nitrogens with zero attached hydrogens (tertiary/aromatic N) is 3. The van der Waals surface area contributed by atoms with Crippen molar-refractivity contribution in [3.63, 3.8) is 0 Å². The Kier molecular flexibility index (Phi) is 6.40. The number of benzene rings is 1. The van der Waals surface area contributed by atoms with Gasteiger partial charge >= 0.3 is 6.36 Å². The predicted octanol–water partition coefficient (Wildman–Crippen LogP) is 5.54. The number of aryl methyl sites for hydroxylation is 2. The van der Waals surface area contributed by atoms with E-state index in [0.717, 1.165) is 21.7 Å². The molecule has 0 radical (unpaired) electrons. The molecule has 0 bridgehead atoms. The van der Waals surface area contributed by atoms with E-state index >= 15 is 0 Å². The smallest absolute Gasteiger partial charge is 0.406 e. The SMILES string of the molecule is Cc1ccc([C@@H]2CONC(c3c(Sc4ccc(OC(F)(F)F)cc4)nnc(C)c3C)=N2)s1. The number of aromatic nitrogens is 2. The molecule has 0 fully saturated rings. The number of hydrogen-bond donors (Lipinski definition) is 1. The summed E-state index contributed by atoms with van der Waals surface area (Å²) in [4.78, 5) is 13.5. The standard InChI is InChI=1S/C21H19F3N4O2S2/c1-11-4-9-17(31-11)16-10-29-28-19(25-16)18-12(2)13(3)26-27-20(18)32-15-7-5-14(6-8-15)30-21(22,23)24/h4-9,16H,10H2,1-3H3,(H,25,28)/t16-/m0/s1. The fourth-order valence-electron chi connectivity index (χ4n) is 3.06. The summed E-state index contributed by atoms with van der Waals surface area (Å²) in [5, 5.41) is 9.10. The maximum absolute atomic E-state index is 12.4. The highest BCUT2D eigenvalue weighted by Crippen LogP contribution is 2.34. The van der Waals surface area contributed by atoms with Gasteiger partial charge in [0.25, 0.3) is 0 Å². The minimum atomic E-state index is -4.73. The van der Waals surface area contributed by atoms with Crippen molar-refractivity contribution < 1.29 is 22.7 Å². The zero-order valence-corrected chi connectivity index (χ0v) is 19.0. The largest absolute Gasteiger partial charge is 0.573 e. The fourth-order valence-corrected chi connectivity index (χ4v) is 4.89. The van der Waals surface area contributed by atoms with Crippen LogP contribution in [0.5, 0.6) is 5.75 Å². The quantitative estimate of drug-likeness (QED) is 0.518. The summed E-state index contributed by atoms with van der Waals surface area (Å²) in [6.07, 6.45) is -4.73. The molecular weight excluding hydrogens is 461 g/mol. The minimum Gasteiger partial charge on any atom is -0.406 e. The van der Waals surface area contributed by atoms with Gasteiger partial charge in [-0.2, -0.15) is 5.10 Å². The molecule has 2 aromatic heterocycles. The van der Waals surface area contributed by atoms with E-state index in [4.69, 9.17) is 9.83 Å². The third kappa shape index (κ3) is 5.22. The van der Waals surface area contributed by atoms with Crippen molar-refractivity contribution in [1.82, 2.24) is 15.7 Å². The number of nitrogens with one attached hydrogen (secondary N) is 1. The van der Waals surface area contributed by atoms with Crippen molar-refractivity contribution in [3.05, 3.63) is 63.0 Å². The molecule has 168 valence electrons. The van der Waals surface area contributed by atoms with Crippen LogP contribution < -0.4 is 10.2 Å². The summed E-state index contributed by atoms with van der Waals surface area (Å²) < 4.78 is 41.2. The fraction of sp³-hybridized carbons (Fsp3) is 0.286. The van der Waals surface area contributed by atoms with Gasteiger partial charge in [0.1, 0.15) is 23.4 Å². The van der Waals surface area contributed by atoms with Crippen LogP contribution in [0.1, 0.15) is 32.6 Å². The Bertz CT molecular complexity index is 1150. The summed E-state index contributed by atoms with van der Waals surface area (Å²) in [7, 11) is 0. The van der Waals surface area contributed by atoms with Gasteiger partial charge in [0.05, 0.1) is 11.3 Å². The number of thiophene rings is 1. The van der Waals surface area contributed by atoms with Gasteiger partial charge in [0.2, 0.25) is 0 Å². The molecule has 1 aliphatic rings. The molecular formula is C21H19F3N4O2S2. The van der Waals surface area contributed by atoms with E-state index in [1.165, 1.54) is 40.9 Å². The number of hydrogen-bond acceptors (Lipinski definition) is 8. The van der Waals surface area contributed by atoms with Gasteiger partial charge in [0.15, 0.2) is 5.84 Å². The summed E-state index contributed by atoms with van der Waals surface area (Å²) >= 11 is 2.95. The van der Waals surface area contributed by atoms with Crippen LogP contribution in [-0.4, -0.2) is 29.0 Å². The summed E-state index contributed by atoms with van der Waals surface area (Å²) in [5.74, 6) is 0.261. The Morgan fingerprint density at radius 3 is 2.50 bits per heavy atom. The van der Waals surface area contributed by atoms with Gasteiger partial charge < -0.3 is 4.74 Å². The number of rotatable bonds is 5. The van der Waals surface area contributed by atoms with Crippen molar-refractivity contribution >= 4 is 28.9 Å². The molecule has 4 rings (SSSR count). The first-order valence-electron chi connectivity index (χ1n) is 9.59. The molecule has 3 heterocycles. The lowest BCUT2D eigenvalue weighted by atomic mass is 10.1. The number of aliphatic imine (C=N–C) groups is 1. The van der Waals surface area contributed by atoms with Crippen LogP contribution in [0.25, 0.3) is 0 Å². The van der Waals surface area contributed by atoms with Gasteiger partial charge in [-0.1, -0.05) is 11.8 Å². The number of halogens is 3. The van der Waals surface area contributed by atoms with Gasteiger partial charge in [-0.25, -0.2) is 5.48 Å². The van der Waals surface area contributed by atoms with Gasteiger partial charge in [-0.05, 0) is 62.7 Å². The van der Waals surface area contributed by atoms with Crippen molar-refractivity contribution in [2.75, 3.05) is 6.61 Å². The van der Waals surface area contributed by atoms with E-state index in [9.17, 15) is 13.2 Å². The minimum absolute atomic E-state index is 0.144. The van der Waals surface area contributed by atoms with Crippen LogP contribution in [0.2, 0.25) is 0 Å². The molecule has 0 saturated heterocycles. The first-order chi connectivity index (χ1) is 15.2. The molecule has 3 aromatic rings. The number of amidine groups is 1. The van der Waals surface area contributed by atoms with Crippen molar-refractivity contribution in [1.29, 1.82) is 0 Å². The van der Waals surface area contributed by atoms with Crippen LogP contribution in [0, 0.1) is 20.8 Å². The highest BCUT2D eigenvalue weighted by Gasteiger charge is 2.31. The van der Waals surface area contributed by atoms with Crippen LogP contribution in [-0.2, 0) is 4.84 Å². The van der Waals surface area contributed by atoms with E-state index in [-0.39, 0.29) is 11.8 Å². The third-order valence-electron chi connectivity index (χ3n) is 4.72. The highest BCUT2D eigenvalue weighted by atomic mass is 32.2. The van der Waals surface area contributed by atoms with E-state index in [1.54, 1.807) is 11.3 Å². The molecule has 11 heteroatoms. The number of hydroxylamine groups is 1. The lowest BCUT2D eigenvalue weighted by Gasteiger charge is -2.23. The van der Waals surface area contributed by atoms with E-state index in [0.29, 0.717) is 22.4 Å². The summed E-state index contributed by atoms with van der Waals surface area (Å²) in [6, 6.07) is 9.55. The Balaban J connectivity index is 1.65. The van der Waals surface area contributed by atoms with Crippen LogP contribution in [0.4, 0.5) is 13.2 Å². The van der Waals surface area contributed by atoms with Gasteiger partial charge in [-0.3, -0.25) is 9.83 Å². The molecule has 6 nitrogen and oxygen atoms in total. The molecule has 0 spiro atoms. The summed E-state index contributed by atoms with van der Waals surface area (Å²) in [5.41, 5.74) is 5.28. The second kappa shape index (κ2) is 9.08.